The summed E-state index contributed by atoms with van der Waals surface area (Å²) in [4.78, 5) is 0. The Bertz CT molecular complexity index is 3980. The summed E-state index contributed by atoms with van der Waals surface area (Å²) in [6.07, 6.45) is 3.99. The van der Waals surface area contributed by atoms with Crippen LogP contribution in [0.15, 0.2) is 89.2 Å². The number of hydrogen-bond donors (Lipinski definition) is 0. The normalized spacial score (nSPS) is 49.5. The Hall–Kier alpha value is -6.40. The van der Waals surface area contributed by atoms with Crippen LogP contribution in [0.3, 0.4) is 0 Å². The predicted molar refractivity (Wildman–Crippen MR) is 346 cm³/mol. The van der Waals surface area contributed by atoms with E-state index in [1.807, 2.05) is 64.0 Å². The number of hydrogen-bond acceptors (Lipinski definition) is 9. The summed E-state index contributed by atoms with van der Waals surface area (Å²) < 4.78 is 55.4. The van der Waals surface area contributed by atoms with Crippen LogP contribution < -0.4 is 0 Å². The summed E-state index contributed by atoms with van der Waals surface area (Å²) in [6, 6.07) is 0. The van der Waals surface area contributed by atoms with Crippen molar-refractivity contribution in [3.63, 3.8) is 0 Å². The lowest BCUT2D eigenvalue weighted by molar-refractivity contribution is 0.175. The molecule has 0 radical (unpaired) electrons. The molecule has 9 nitrogen and oxygen atoms in total. The summed E-state index contributed by atoms with van der Waals surface area (Å²) in [6.45, 7) is 6.10. The average molecular weight is 1220 g/mol. The zero-order chi connectivity index (χ0) is 62.1. The number of fused-ring (bicyclic) bond motifs is 25. The van der Waals surface area contributed by atoms with Gasteiger partial charge in [0.2, 0.25) is 0 Å². The van der Waals surface area contributed by atoms with Crippen molar-refractivity contribution in [2.24, 2.45) is 160 Å². The Morgan fingerprint density at radius 1 is 0.207 bits per heavy atom. The van der Waals surface area contributed by atoms with E-state index in [2.05, 4.69) is 107 Å². The minimum Gasteiger partial charge on any atom is -0.384 e. The summed E-state index contributed by atoms with van der Waals surface area (Å²) in [5.41, 5.74) is 19.0. The Morgan fingerprint density at radius 3 is 0.533 bits per heavy atom. The largest absolute Gasteiger partial charge is 0.384 e. The van der Waals surface area contributed by atoms with Gasteiger partial charge in [0.25, 0.3) is 0 Å². The van der Waals surface area contributed by atoms with E-state index >= 15 is 0 Å². The molecular weight excluding hydrogens is 1140 g/mol. The first-order chi connectivity index (χ1) is 45.4. The van der Waals surface area contributed by atoms with E-state index in [0.717, 1.165) is 83.5 Å². The van der Waals surface area contributed by atoms with Crippen LogP contribution in [0.1, 0.15) is 25.7 Å². The molecule has 9 heteroatoms. The third-order valence-corrected chi connectivity index (χ3v) is 25.9. The fourth-order valence-electron chi connectivity index (χ4n) is 22.3. The van der Waals surface area contributed by atoms with Gasteiger partial charge in [0.05, 0.1) is 90.8 Å². The first-order valence-electron chi connectivity index (χ1n) is 34.3. The summed E-state index contributed by atoms with van der Waals surface area (Å²) >= 11 is 0. The molecule has 26 unspecified atom stereocenters. The molecule has 0 aromatic rings. The van der Waals surface area contributed by atoms with Crippen molar-refractivity contribution >= 4 is 0 Å². The van der Waals surface area contributed by atoms with Crippen LogP contribution in [-0.2, 0) is 42.6 Å². The standard InChI is InChI=1S/C83H80O9/c1-84-32-51-49-16-12-10-14-41-18-20-43-22-24-45-26-28-47-30-31-48-29-27-46-25-23-44-21-19-42-15-11-13-17-50-52(33-85-2)69(50)61(42)71-54(35-87-4)73(71)63(44)75-56(37-89-6)77(75)65(46)79-58(39-91-8)81(79)67(48)83-59(40-92-9)82(83)66(47)80-57(38-90-7)78(80)64(45)76-55(36-88-5)74(76)62(43)72-53(34-86-3)70(72)60(41)68(49)51/h49-59,68-83H,12-13,16-17,32-40H2,1-9H3/b60-41-,61-42-,62-43-,63-44-,64-45-,65-46-,66-47-,67-48-. The van der Waals surface area contributed by atoms with Crippen molar-refractivity contribution in [2.75, 3.05) is 123 Å². The number of allylic oxidation sites excluding steroid dienone is 16. The van der Waals surface area contributed by atoms with Crippen molar-refractivity contribution in [3.05, 3.63) is 89.2 Å². The topological polar surface area (TPSA) is 83.1 Å². The minimum atomic E-state index is 0.183. The summed E-state index contributed by atoms with van der Waals surface area (Å²) in [5.74, 6) is 75.5. The molecule has 18 aliphatic carbocycles. The van der Waals surface area contributed by atoms with Crippen molar-refractivity contribution in [2.45, 2.75) is 25.7 Å². The van der Waals surface area contributed by atoms with Crippen LogP contribution in [0.5, 0.6) is 0 Å². The fourth-order valence-corrected chi connectivity index (χ4v) is 22.3. The Balaban J connectivity index is 0.756. The van der Waals surface area contributed by atoms with Gasteiger partial charge in [-0.05, 0) is 217 Å². The lowest BCUT2D eigenvalue weighted by Crippen LogP contribution is -2.12. The van der Waals surface area contributed by atoms with Crippen molar-refractivity contribution in [1.82, 2.24) is 0 Å². The molecule has 92 heavy (non-hydrogen) atoms. The van der Waals surface area contributed by atoms with E-state index in [-0.39, 0.29) is 101 Å². The molecule has 9 fully saturated rings. The molecule has 0 aliphatic heterocycles. The second kappa shape index (κ2) is 22.4. The third kappa shape index (κ3) is 8.73. The van der Waals surface area contributed by atoms with Crippen LogP contribution in [0.2, 0.25) is 0 Å². The highest BCUT2D eigenvalue weighted by Gasteiger charge is 2.74. The average Bonchev–Trinajstić information content (AvgIpc) is 1.50. The molecule has 0 N–H and O–H groups in total. The molecule has 26 atom stereocenters. The first-order valence-corrected chi connectivity index (χ1v) is 34.3. The summed E-state index contributed by atoms with van der Waals surface area (Å²) in [7, 11) is 16.7. The SMILES string of the molecule is COCC1C2CCC#C/C3=C(\C21)C1C(COC)C1/C1=C(\C#C3)C#C/C2=C(\C3C(COC)C13)C1C(COC)C1/C1=C(\C#C2)C#C/C2=C(/C3C(COC)C3/C3=C(/C#C/C4=C(/C5C(COC)C5/C5=C(/C#CCCC6C(COC)C56)C#C4)C4C(COC)C34)C#C2)C2C(COC)C12. The van der Waals surface area contributed by atoms with E-state index < -0.39 is 0 Å². The van der Waals surface area contributed by atoms with Crippen LogP contribution in [0, 0.1) is 266 Å². The van der Waals surface area contributed by atoms with Gasteiger partial charge < -0.3 is 42.6 Å². The lowest BCUT2D eigenvalue weighted by Gasteiger charge is -2.20. The Morgan fingerprint density at radius 2 is 0.359 bits per heavy atom. The molecule has 18 aliphatic rings. The van der Waals surface area contributed by atoms with Crippen LogP contribution in [0.25, 0.3) is 0 Å². The summed E-state index contributed by atoms with van der Waals surface area (Å²) in [5, 5.41) is 0. The molecule has 0 saturated heterocycles. The first kappa shape index (κ1) is 58.2. The second-order valence-electron chi connectivity index (χ2n) is 29.9. The van der Waals surface area contributed by atoms with Crippen LogP contribution in [0.4, 0.5) is 0 Å². The maximum absolute atomic E-state index is 6.31. The monoisotopic (exact) mass is 1220 g/mol. The highest BCUT2D eigenvalue weighted by molar-refractivity contribution is 5.73. The van der Waals surface area contributed by atoms with Gasteiger partial charge in [-0.3, -0.25) is 0 Å². The van der Waals surface area contributed by atoms with E-state index in [1.165, 1.54) is 44.6 Å². The molecule has 18 rings (SSSR count). The minimum absolute atomic E-state index is 0.183. The molecule has 0 spiro atoms. The van der Waals surface area contributed by atoms with E-state index in [9.17, 15) is 0 Å². The highest BCUT2D eigenvalue weighted by Crippen LogP contribution is 2.78. The number of rotatable bonds is 18. The van der Waals surface area contributed by atoms with E-state index in [0.29, 0.717) is 105 Å². The maximum Gasteiger partial charge on any atom is 0.0750 e. The third-order valence-electron chi connectivity index (χ3n) is 25.9. The zero-order valence-corrected chi connectivity index (χ0v) is 54.5. The van der Waals surface area contributed by atoms with Gasteiger partial charge >= 0.3 is 0 Å². The van der Waals surface area contributed by atoms with E-state index in [1.54, 1.807) is 0 Å². The smallest absolute Gasteiger partial charge is 0.0750 e. The van der Waals surface area contributed by atoms with Crippen LogP contribution >= 0.6 is 0 Å². The van der Waals surface area contributed by atoms with Crippen molar-refractivity contribution in [1.29, 1.82) is 0 Å². The maximum atomic E-state index is 6.31. The molecule has 0 aromatic heterocycles. The number of methoxy groups -OCH3 is 9. The number of ether oxygens (including phenoxy) is 9. The van der Waals surface area contributed by atoms with E-state index in [4.69, 9.17) is 42.6 Å². The highest BCUT2D eigenvalue weighted by atomic mass is 16.5. The fraction of sp³-hybridized carbons (Fsp3) is 0.590. The predicted octanol–water partition coefficient (Wildman–Crippen LogP) is 8.65. The molecular formula is C83H80O9. The van der Waals surface area contributed by atoms with Gasteiger partial charge in [0, 0.05) is 90.0 Å². The van der Waals surface area contributed by atoms with Gasteiger partial charge in [-0.15, -0.1) is 0 Å². The molecule has 0 aromatic carbocycles. The Kier molecular flexibility index (Phi) is 14.1. The Labute approximate surface area is 544 Å². The quantitative estimate of drug-likeness (QED) is 0.125. The molecule has 0 heterocycles. The van der Waals surface area contributed by atoms with Crippen LogP contribution in [-0.4, -0.2) is 123 Å². The zero-order valence-electron chi connectivity index (χ0n) is 54.5. The lowest BCUT2D eigenvalue weighted by atomic mass is 9.82. The van der Waals surface area contributed by atoms with Gasteiger partial charge in [-0.1, -0.05) is 107 Å². The molecule has 0 amide bonds. The van der Waals surface area contributed by atoms with Gasteiger partial charge in [-0.25, -0.2) is 0 Å². The molecule has 9 saturated carbocycles. The molecule has 466 valence electrons. The van der Waals surface area contributed by atoms with Crippen molar-refractivity contribution < 1.29 is 42.6 Å². The second-order valence-corrected chi connectivity index (χ2v) is 29.9. The van der Waals surface area contributed by atoms with Crippen molar-refractivity contribution in [3.8, 4) is 107 Å². The van der Waals surface area contributed by atoms with Gasteiger partial charge in [0.15, 0.2) is 0 Å². The van der Waals surface area contributed by atoms with Gasteiger partial charge in [-0.2, -0.15) is 0 Å². The molecule has 0 bridgehead atoms. The van der Waals surface area contributed by atoms with Gasteiger partial charge in [0.1, 0.15) is 0 Å².